The fourth-order valence-electron chi connectivity index (χ4n) is 2.14. The Morgan fingerprint density at radius 1 is 1.33 bits per heavy atom. The summed E-state index contributed by atoms with van der Waals surface area (Å²) in [6.45, 7) is 0. The number of pyridine rings is 1. The van der Waals surface area contributed by atoms with Crippen molar-refractivity contribution >= 4 is 34.7 Å². The first-order valence-corrected chi connectivity index (χ1v) is 8.24. The number of oxazole rings is 1. The highest BCUT2D eigenvalue weighted by Gasteiger charge is 2.20. The Balaban J connectivity index is 2.02. The summed E-state index contributed by atoms with van der Waals surface area (Å²) in [4.78, 5) is 22.5. The van der Waals surface area contributed by atoms with E-state index in [9.17, 15) is 4.79 Å². The van der Waals surface area contributed by atoms with Gasteiger partial charge in [0, 0.05) is 20.3 Å². The van der Waals surface area contributed by atoms with Crippen molar-refractivity contribution < 1.29 is 14.3 Å². The van der Waals surface area contributed by atoms with E-state index in [1.54, 1.807) is 18.3 Å². The van der Waals surface area contributed by atoms with Crippen molar-refractivity contribution in [3.05, 3.63) is 40.6 Å². The standard InChI is InChI=1S/C16H14ClN3O3S/c1-20(2)13-6-3-9(8-18-13)16-19-15(10(23-16)7-14(21)22)11-4-5-12(17)24-11/h3-6,8H,7H2,1-2H3,(H,21,22). The molecule has 0 amide bonds. The lowest BCUT2D eigenvalue weighted by molar-refractivity contribution is -0.136. The van der Waals surface area contributed by atoms with Crippen LogP contribution in [0.3, 0.4) is 0 Å². The van der Waals surface area contributed by atoms with Crippen molar-refractivity contribution in [2.24, 2.45) is 0 Å². The van der Waals surface area contributed by atoms with Gasteiger partial charge in [0.15, 0.2) is 0 Å². The molecule has 1 N–H and O–H groups in total. The van der Waals surface area contributed by atoms with Gasteiger partial charge in [-0.15, -0.1) is 11.3 Å². The van der Waals surface area contributed by atoms with Crippen LogP contribution < -0.4 is 4.90 Å². The molecule has 3 aromatic heterocycles. The second-order valence-corrected chi connectivity index (χ2v) is 6.98. The van der Waals surface area contributed by atoms with Crippen molar-refractivity contribution in [1.29, 1.82) is 0 Å². The Kier molecular flexibility index (Phi) is 4.55. The maximum atomic E-state index is 11.1. The van der Waals surface area contributed by atoms with Gasteiger partial charge >= 0.3 is 5.97 Å². The number of hydrogen-bond acceptors (Lipinski definition) is 6. The van der Waals surface area contributed by atoms with E-state index in [0.717, 1.165) is 10.7 Å². The second kappa shape index (κ2) is 6.62. The molecule has 24 heavy (non-hydrogen) atoms. The van der Waals surface area contributed by atoms with E-state index >= 15 is 0 Å². The first kappa shape index (κ1) is 16.5. The summed E-state index contributed by atoms with van der Waals surface area (Å²) < 4.78 is 6.30. The molecule has 0 spiro atoms. The Hall–Kier alpha value is -2.38. The number of aromatic nitrogens is 2. The number of carboxylic acids is 1. The van der Waals surface area contributed by atoms with Gasteiger partial charge in [0.05, 0.1) is 14.8 Å². The lowest BCUT2D eigenvalue weighted by atomic mass is 10.2. The number of thiophene rings is 1. The monoisotopic (exact) mass is 363 g/mol. The number of carbonyl (C=O) groups is 1. The van der Waals surface area contributed by atoms with E-state index < -0.39 is 5.97 Å². The fourth-order valence-corrected chi connectivity index (χ4v) is 3.19. The number of halogens is 1. The van der Waals surface area contributed by atoms with Crippen molar-refractivity contribution in [2.75, 3.05) is 19.0 Å². The summed E-state index contributed by atoms with van der Waals surface area (Å²) in [6.07, 6.45) is 1.40. The summed E-state index contributed by atoms with van der Waals surface area (Å²) in [5.74, 6) is 0.459. The molecule has 0 bridgehead atoms. The van der Waals surface area contributed by atoms with Crippen LogP contribution in [-0.4, -0.2) is 35.1 Å². The van der Waals surface area contributed by atoms with Gasteiger partial charge in [-0.25, -0.2) is 9.97 Å². The summed E-state index contributed by atoms with van der Waals surface area (Å²) in [5.41, 5.74) is 1.18. The molecule has 8 heteroatoms. The summed E-state index contributed by atoms with van der Waals surface area (Å²) >= 11 is 7.29. The highest BCUT2D eigenvalue weighted by molar-refractivity contribution is 7.19. The second-order valence-electron chi connectivity index (χ2n) is 5.26. The third-order valence-electron chi connectivity index (χ3n) is 3.27. The molecule has 3 aromatic rings. The van der Waals surface area contributed by atoms with E-state index in [-0.39, 0.29) is 6.42 Å². The van der Waals surface area contributed by atoms with Gasteiger partial charge in [-0.05, 0) is 24.3 Å². The molecule has 3 heterocycles. The smallest absolute Gasteiger partial charge is 0.311 e. The van der Waals surface area contributed by atoms with E-state index in [0.29, 0.717) is 27.2 Å². The predicted molar refractivity (Wildman–Crippen MR) is 93.7 cm³/mol. The molecular weight excluding hydrogens is 350 g/mol. The first-order chi connectivity index (χ1) is 11.4. The molecule has 0 aliphatic rings. The number of nitrogens with zero attached hydrogens (tertiary/aromatic N) is 3. The molecular formula is C16H14ClN3O3S. The van der Waals surface area contributed by atoms with Crippen molar-refractivity contribution in [3.63, 3.8) is 0 Å². The van der Waals surface area contributed by atoms with Crippen LogP contribution in [0.4, 0.5) is 5.82 Å². The van der Waals surface area contributed by atoms with Crippen LogP contribution in [0.15, 0.2) is 34.9 Å². The van der Waals surface area contributed by atoms with Crippen molar-refractivity contribution in [2.45, 2.75) is 6.42 Å². The zero-order chi connectivity index (χ0) is 17.3. The third kappa shape index (κ3) is 3.42. The van der Waals surface area contributed by atoms with Crippen LogP contribution in [0.2, 0.25) is 4.34 Å². The molecule has 0 radical (unpaired) electrons. The highest BCUT2D eigenvalue weighted by Crippen LogP contribution is 2.35. The van der Waals surface area contributed by atoms with E-state index in [4.69, 9.17) is 21.1 Å². The maximum absolute atomic E-state index is 11.1. The van der Waals surface area contributed by atoms with Crippen LogP contribution >= 0.6 is 22.9 Å². The molecule has 3 rings (SSSR count). The minimum atomic E-state index is -0.984. The number of hydrogen-bond donors (Lipinski definition) is 1. The van der Waals surface area contributed by atoms with Gasteiger partial charge in [-0.3, -0.25) is 4.79 Å². The van der Waals surface area contributed by atoms with Crippen molar-refractivity contribution in [1.82, 2.24) is 9.97 Å². The normalized spacial score (nSPS) is 10.8. The summed E-state index contributed by atoms with van der Waals surface area (Å²) in [5, 5.41) is 9.09. The molecule has 0 fully saturated rings. The number of anilines is 1. The van der Waals surface area contributed by atoms with Gasteiger partial charge in [0.25, 0.3) is 0 Å². The predicted octanol–water partition coefficient (Wildman–Crippen LogP) is 3.81. The van der Waals surface area contributed by atoms with Crippen LogP contribution in [0.1, 0.15) is 5.76 Å². The fraction of sp³-hybridized carbons (Fsp3) is 0.188. The first-order valence-electron chi connectivity index (χ1n) is 7.05. The van der Waals surface area contributed by atoms with Gasteiger partial charge in [-0.1, -0.05) is 11.6 Å². The van der Waals surface area contributed by atoms with Gasteiger partial charge in [0.2, 0.25) is 5.89 Å². The summed E-state index contributed by atoms with van der Waals surface area (Å²) in [7, 11) is 3.80. The molecule has 0 unspecified atom stereocenters. The highest BCUT2D eigenvalue weighted by atomic mass is 35.5. The number of aliphatic carboxylic acids is 1. The Morgan fingerprint density at radius 2 is 2.12 bits per heavy atom. The molecule has 0 aliphatic carbocycles. The van der Waals surface area contributed by atoms with Gasteiger partial charge < -0.3 is 14.4 Å². The molecule has 0 aromatic carbocycles. The lowest BCUT2D eigenvalue weighted by Crippen LogP contribution is -2.09. The zero-order valence-electron chi connectivity index (χ0n) is 13.0. The van der Waals surface area contributed by atoms with E-state index in [1.807, 2.05) is 31.1 Å². The minimum absolute atomic E-state index is 0.249. The summed E-state index contributed by atoms with van der Waals surface area (Å²) in [6, 6.07) is 7.23. The number of rotatable bonds is 5. The number of carboxylic acid groups (broad SMARTS) is 1. The van der Waals surface area contributed by atoms with Crippen LogP contribution in [0, 0.1) is 0 Å². The molecule has 6 nitrogen and oxygen atoms in total. The van der Waals surface area contributed by atoms with Crippen LogP contribution in [0.5, 0.6) is 0 Å². The lowest BCUT2D eigenvalue weighted by Gasteiger charge is -2.10. The molecule has 0 atom stereocenters. The van der Waals surface area contributed by atoms with Gasteiger partial charge in [0.1, 0.15) is 23.7 Å². The van der Waals surface area contributed by atoms with Crippen LogP contribution in [0.25, 0.3) is 22.0 Å². The Morgan fingerprint density at radius 3 is 2.67 bits per heavy atom. The van der Waals surface area contributed by atoms with Crippen molar-refractivity contribution in [3.8, 4) is 22.0 Å². The molecule has 124 valence electrons. The van der Waals surface area contributed by atoms with Crippen LogP contribution in [-0.2, 0) is 11.2 Å². The topological polar surface area (TPSA) is 79.5 Å². The Labute approximate surface area is 147 Å². The zero-order valence-corrected chi connectivity index (χ0v) is 14.6. The Bertz CT molecular complexity index is 871. The van der Waals surface area contributed by atoms with E-state index in [1.165, 1.54) is 11.3 Å². The van der Waals surface area contributed by atoms with E-state index in [2.05, 4.69) is 9.97 Å². The average molecular weight is 364 g/mol. The minimum Gasteiger partial charge on any atom is -0.481 e. The molecule has 0 saturated carbocycles. The third-order valence-corrected chi connectivity index (χ3v) is 4.51. The quantitative estimate of drug-likeness (QED) is 0.742. The maximum Gasteiger partial charge on any atom is 0.311 e. The van der Waals surface area contributed by atoms with Gasteiger partial charge in [-0.2, -0.15) is 0 Å². The molecule has 0 aliphatic heterocycles. The average Bonchev–Trinajstić information content (AvgIpc) is 3.13. The SMILES string of the molecule is CN(C)c1ccc(-c2nc(-c3ccc(Cl)s3)c(CC(=O)O)o2)cn1. The molecule has 0 saturated heterocycles. The largest absolute Gasteiger partial charge is 0.481 e.